The molecule has 1 atom stereocenters. The van der Waals surface area contributed by atoms with Crippen molar-refractivity contribution in [2.45, 2.75) is 38.7 Å². The Balaban J connectivity index is 1.42. The average Bonchev–Trinajstić information content (AvgIpc) is 3.01. The Morgan fingerprint density at radius 3 is 2.72 bits per heavy atom. The van der Waals surface area contributed by atoms with Gasteiger partial charge in [0.1, 0.15) is 18.1 Å². The van der Waals surface area contributed by atoms with Crippen molar-refractivity contribution in [1.29, 1.82) is 0 Å². The van der Waals surface area contributed by atoms with Crippen LogP contribution in [-0.4, -0.2) is 18.4 Å². The molecule has 2 aromatic carbocycles. The molecule has 0 saturated heterocycles. The number of aryl methyl sites for hydroxylation is 1. The average molecular weight is 338 g/mol. The fourth-order valence-electron chi connectivity index (χ4n) is 2.98. The van der Waals surface area contributed by atoms with Gasteiger partial charge in [0.2, 0.25) is 0 Å². The predicted molar refractivity (Wildman–Crippen MR) is 94.5 cm³/mol. The van der Waals surface area contributed by atoms with Crippen LogP contribution >= 0.6 is 0 Å². The number of esters is 1. The third-order valence-electron chi connectivity index (χ3n) is 4.37. The molecule has 0 saturated carbocycles. The lowest BCUT2D eigenvalue weighted by Crippen LogP contribution is -2.11. The Labute approximate surface area is 147 Å². The highest BCUT2D eigenvalue weighted by molar-refractivity contribution is 5.83. The van der Waals surface area contributed by atoms with Gasteiger partial charge in [-0.3, -0.25) is 9.59 Å². The Morgan fingerprint density at radius 2 is 1.92 bits per heavy atom. The Hall–Kier alpha value is -2.62. The van der Waals surface area contributed by atoms with Crippen LogP contribution in [-0.2, 0) is 20.9 Å². The van der Waals surface area contributed by atoms with Crippen LogP contribution in [0.25, 0.3) is 0 Å². The molecular weight excluding hydrogens is 316 g/mol. The maximum absolute atomic E-state index is 12.2. The zero-order valence-corrected chi connectivity index (χ0v) is 14.4. The second kappa shape index (κ2) is 7.97. The monoisotopic (exact) mass is 338 g/mol. The first-order valence-corrected chi connectivity index (χ1v) is 8.56. The zero-order chi connectivity index (χ0) is 17.6. The van der Waals surface area contributed by atoms with E-state index in [-0.39, 0.29) is 37.1 Å². The van der Waals surface area contributed by atoms with Gasteiger partial charge in [0, 0.05) is 24.3 Å². The largest absolute Gasteiger partial charge is 0.493 e. The van der Waals surface area contributed by atoms with Gasteiger partial charge in [0.15, 0.2) is 0 Å². The molecular formula is C21H22O4. The summed E-state index contributed by atoms with van der Waals surface area (Å²) in [4.78, 5) is 24.0. The van der Waals surface area contributed by atoms with Gasteiger partial charge in [-0.05, 0) is 24.1 Å². The summed E-state index contributed by atoms with van der Waals surface area (Å²) >= 11 is 0. The summed E-state index contributed by atoms with van der Waals surface area (Å²) in [6.45, 7) is 2.79. The van der Waals surface area contributed by atoms with Crippen molar-refractivity contribution < 1.29 is 19.1 Å². The second-order valence-electron chi connectivity index (χ2n) is 6.44. The van der Waals surface area contributed by atoms with Crippen LogP contribution < -0.4 is 4.74 Å². The van der Waals surface area contributed by atoms with Crippen molar-refractivity contribution in [3.8, 4) is 5.75 Å². The molecule has 1 aliphatic rings. The van der Waals surface area contributed by atoms with Crippen molar-refractivity contribution in [2.24, 2.45) is 0 Å². The van der Waals surface area contributed by atoms with Crippen molar-refractivity contribution in [1.82, 2.24) is 0 Å². The summed E-state index contributed by atoms with van der Waals surface area (Å²) < 4.78 is 10.9. The van der Waals surface area contributed by atoms with Crippen molar-refractivity contribution in [2.75, 3.05) is 6.61 Å². The van der Waals surface area contributed by atoms with Gasteiger partial charge >= 0.3 is 5.97 Å². The molecule has 1 aliphatic heterocycles. The van der Waals surface area contributed by atoms with Crippen LogP contribution in [0.15, 0.2) is 48.5 Å². The van der Waals surface area contributed by atoms with E-state index in [0.29, 0.717) is 13.0 Å². The van der Waals surface area contributed by atoms with Gasteiger partial charge in [-0.2, -0.15) is 0 Å². The number of fused-ring (bicyclic) bond motifs is 1. The third-order valence-corrected chi connectivity index (χ3v) is 4.37. The van der Waals surface area contributed by atoms with E-state index in [1.165, 1.54) is 0 Å². The first-order valence-electron chi connectivity index (χ1n) is 8.56. The van der Waals surface area contributed by atoms with Crippen molar-refractivity contribution in [3.63, 3.8) is 0 Å². The number of carbonyl (C=O) groups is 2. The predicted octanol–water partition coefficient (Wildman–Crippen LogP) is 3.95. The fraction of sp³-hybridized carbons (Fsp3) is 0.333. The fourth-order valence-corrected chi connectivity index (χ4v) is 2.98. The number of benzene rings is 2. The lowest BCUT2D eigenvalue weighted by molar-refractivity contribution is -0.146. The van der Waals surface area contributed by atoms with Crippen LogP contribution in [0, 0.1) is 6.92 Å². The second-order valence-corrected chi connectivity index (χ2v) is 6.44. The van der Waals surface area contributed by atoms with Crippen molar-refractivity contribution >= 4 is 11.8 Å². The topological polar surface area (TPSA) is 52.6 Å². The molecule has 0 amide bonds. The standard InChI is InChI=1S/C21H22O4/c1-15-7-9-19-17(14-24-20(19)11-15)12-18(22)8-10-21(23)25-13-16-5-3-2-4-6-16/h2-7,9,11,17H,8,10,12-14H2,1H3. The van der Waals surface area contributed by atoms with Crippen LogP contribution in [0.3, 0.4) is 0 Å². The molecule has 0 spiro atoms. The molecule has 0 fully saturated rings. The number of carbonyl (C=O) groups excluding carboxylic acids is 2. The molecule has 0 N–H and O–H groups in total. The molecule has 0 radical (unpaired) electrons. The highest BCUT2D eigenvalue weighted by Gasteiger charge is 2.26. The van der Waals surface area contributed by atoms with E-state index in [9.17, 15) is 9.59 Å². The molecule has 0 aromatic heterocycles. The summed E-state index contributed by atoms with van der Waals surface area (Å²) in [7, 11) is 0. The minimum absolute atomic E-state index is 0.0682. The quantitative estimate of drug-likeness (QED) is 0.717. The number of Topliss-reactive ketones (excluding diaryl/α,β-unsaturated/α-hetero) is 1. The highest BCUT2D eigenvalue weighted by atomic mass is 16.5. The minimum Gasteiger partial charge on any atom is -0.493 e. The lowest BCUT2D eigenvalue weighted by atomic mass is 9.94. The van der Waals surface area contributed by atoms with Crippen LogP contribution in [0.5, 0.6) is 5.75 Å². The molecule has 0 aliphatic carbocycles. The molecule has 130 valence electrons. The van der Waals surface area contributed by atoms with Crippen molar-refractivity contribution in [3.05, 3.63) is 65.2 Å². The minimum atomic E-state index is -0.337. The normalized spacial score (nSPS) is 15.3. The Kier molecular flexibility index (Phi) is 5.49. The summed E-state index contributed by atoms with van der Waals surface area (Å²) in [5.74, 6) is 0.693. The molecule has 25 heavy (non-hydrogen) atoms. The Bertz CT molecular complexity index is 752. The van der Waals surface area contributed by atoms with E-state index in [2.05, 4.69) is 0 Å². The first-order chi connectivity index (χ1) is 12.1. The number of rotatable bonds is 7. The van der Waals surface area contributed by atoms with E-state index in [1.54, 1.807) is 0 Å². The molecule has 2 aromatic rings. The molecule has 1 heterocycles. The maximum atomic E-state index is 12.2. The smallest absolute Gasteiger partial charge is 0.306 e. The molecule has 0 bridgehead atoms. The summed E-state index contributed by atoms with van der Waals surface area (Å²) in [5, 5.41) is 0. The van der Waals surface area contributed by atoms with E-state index >= 15 is 0 Å². The summed E-state index contributed by atoms with van der Waals surface area (Å²) in [6, 6.07) is 15.6. The molecule has 3 rings (SSSR count). The van der Waals surface area contributed by atoms with Gasteiger partial charge < -0.3 is 9.47 Å². The molecule has 4 nitrogen and oxygen atoms in total. The third kappa shape index (κ3) is 4.69. The van der Waals surface area contributed by atoms with Gasteiger partial charge in [0.25, 0.3) is 0 Å². The van der Waals surface area contributed by atoms with Gasteiger partial charge in [-0.25, -0.2) is 0 Å². The number of ether oxygens (including phenoxy) is 2. The summed E-state index contributed by atoms with van der Waals surface area (Å²) in [6.07, 6.45) is 0.743. The zero-order valence-electron chi connectivity index (χ0n) is 14.4. The number of hydrogen-bond acceptors (Lipinski definition) is 4. The van der Waals surface area contributed by atoms with E-state index in [4.69, 9.17) is 9.47 Å². The number of ketones is 1. The van der Waals surface area contributed by atoms with Crippen LogP contribution in [0.4, 0.5) is 0 Å². The number of hydrogen-bond donors (Lipinski definition) is 0. The summed E-state index contributed by atoms with van der Waals surface area (Å²) in [5.41, 5.74) is 3.18. The van der Waals surface area contributed by atoms with Gasteiger partial charge in [-0.15, -0.1) is 0 Å². The van der Waals surface area contributed by atoms with Crippen LogP contribution in [0.2, 0.25) is 0 Å². The van der Waals surface area contributed by atoms with Crippen LogP contribution in [0.1, 0.15) is 41.9 Å². The molecule has 4 heteroatoms. The van der Waals surface area contributed by atoms with E-state index < -0.39 is 0 Å². The van der Waals surface area contributed by atoms with E-state index in [1.807, 2.05) is 55.5 Å². The van der Waals surface area contributed by atoms with E-state index in [0.717, 1.165) is 22.4 Å². The molecule has 1 unspecified atom stereocenters. The van der Waals surface area contributed by atoms with Gasteiger partial charge in [0.05, 0.1) is 13.0 Å². The lowest BCUT2D eigenvalue weighted by Gasteiger charge is -2.08. The highest BCUT2D eigenvalue weighted by Crippen LogP contribution is 2.36. The Morgan fingerprint density at radius 1 is 1.12 bits per heavy atom. The SMILES string of the molecule is Cc1ccc2c(c1)OCC2CC(=O)CCC(=O)OCc1ccccc1. The first kappa shape index (κ1) is 17.2. The van der Waals surface area contributed by atoms with Gasteiger partial charge in [-0.1, -0.05) is 42.5 Å². The maximum Gasteiger partial charge on any atom is 0.306 e.